The van der Waals surface area contributed by atoms with E-state index in [4.69, 9.17) is 4.74 Å². The minimum absolute atomic E-state index is 0.240. The molecule has 8 heteroatoms. The van der Waals surface area contributed by atoms with Crippen LogP contribution < -0.4 is 15.5 Å². The first-order valence-corrected chi connectivity index (χ1v) is 11.7. The lowest BCUT2D eigenvalue weighted by Crippen LogP contribution is -2.21. The first-order valence-electron chi connectivity index (χ1n) is 10.9. The van der Waals surface area contributed by atoms with Crippen LogP contribution in [-0.4, -0.2) is 24.0 Å². The van der Waals surface area contributed by atoms with Crippen molar-refractivity contribution in [2.24, 2.45) is 5.10 Å². The van der Waals surface area contributed by atoms with Crippen molar-refractivity contribution in [3.63, 3.8) is 0 Å². The van der Waals surface area contributed by atoms with Crippen molar-refractivity contribution in [2.45, 2.75) is 0 Å². The fourth-order valence-electron chi connectivity index (χ4n) is 3.22. The van der Waals surface area contributed by atoms with Gasteiger partial charge in [0.2, 0.25) is 0 Å². The molecule has 0 heterocycles. The molecular formula is C28H20BrN3O4. The van der Waals surface area contributed by atoms with Crippen molar-refractivity contribution in [3.05, 3.63) is 130 Å². The number of carbonyl (C=O) groups is 3. The van der Waals surface area contributed by atoms with Gasteiger partial charge in [0.15, 0.2) is 0 Å². The molecule has 0 unspecified atom stereocenters. The van der Waals surface area contributed by atoms with Crippen LogP contribution in [0, 0.1) is 0 Å². The molecule has 0 aliphatic rings. The van der Waals surface area contributed by atoms with Gasteiger partial charge in [-0.25, -0.2) is 10.2 Å². The third kappa shape index (κ3) is 6.31. The molecule has 4 aromatic rings. The molecular weight excluding hydrogens is 522 g/mol. The molecule has 36 heavy (non-hydrogen) atoms. The molecule has 7 nitrogen and oxygen atoms in total. The van der Waals surface area contributed by atoms with E-state index in [1.54, 1.807) is 97.1 Å². The molecule has 0 aliphatic heterocycles. The van der Waals surface area contributed by atoms with Gasteiger partial charge in [-0.05, 0) is 60.7 Å². The van der Waals surface area contributed by atoms with Crippen molar-refractivity contribution >= 4 is 45.6 Å². The number of hydrazone groups is 1. The summed E-state index contributed by atoms with van der Waals surface area (Å²) in [4.78, 5) is 37.8. The molecule has 0 aliphatic carbocycles. The molecule has 0 radical (unpaired) electrons. The molecule has 0 spiro atoms. The molecule has 0 fully saturated rings. The van der Waals surface area contributed by atoms with E-state index in [1.165, 1.54) is 6.21 Å². The maximum Gasteiger partial charge on any atom is 0.343 e. The van der Waals surface area contributed by atoms with Crippen LogP contribution >= 0.6 is 15.9 Å². The van der Waals surface area contributed by atoms with Crippen LogP contribution in [0.15, 0.2) is 113 Å². The van der Waals surface area contributed by atoms with Crippen molar-refractivity contribution < 1.29 is 19.1 Å². The second-order valence-electron chi connectivity index (χ2n) is 7.50. The molecule has 0 saturated heterocycles. The number of anilines is 1. The average molecular weight is 542 g/mol. The Hall–Kier alpha value is -4.56. The highest BCUT2D eigenvalue weighted by molar-refractivity contribution is 9.10. The zero-order valence-electron chi connectivity index (χ0n) is 18.9. The molecule has 2 amide bonds. The number of hydrogen-bond donors (Lipinski definition) is 2. The van der Waals surface area contributed by atoms with E-state index < -0.39 is 11.9 Å². The van der Waals surface area contributed by atoms with Gasteiger partial charge in [0.25, 0.3) is 11.8 Å². The van der Waals surface area contributed by atoms with Crippen molar-refractivity contribution in [1.82, 2.24) is 5.43 Å². The maximum absolute atomic E-state index is 12.8. The highest BCUT2D eigenvalue weighted by atomic mass is 79.9. The zero-order valence-corrected chi connectivity index (χ0v) is 20.4. The van der Waals surface area contributed by atoms with Crippen LogP contribution in [0.2, 0.25) is 0 Å². The Morgan fingerprint density at radius 3 is 2.17 bits per heavy atom. The molecule has 0 bridgehead atoms. The van der Waals surface area contributed by atoms with E-state index in [9.17, 15) is 14.4 Å². The van der Waals surface area contributed by atoms with Crippen LogP contribution in [0.3, 0.4) is 0 Å². The third-order valence-corrected chi connectivity index (χ3v) is 5.56. The minimum Gasteiger partial charge on any atom is -0.422 e. The van der Waals surface area contributed by atoms with E-state index >= 15 is 0 Å². The standard InChI is InChI=1S/C28H20BrN3O4/c29-22-16-14-19(15-17-22)26(33)31-24-12-6-5-11-23(24)27(34)32-30-18-21-10-4-7-13-25(21)36-28(35)20-8-2-1-3-9-20/h1-18H,(H,31,33)(H,32,34)/b30-18-. The number of rotatable bonds is 7. The Morgan fingerprint density at radius 1 is 0.722 bits per heavy atom. The predicted molar refractivity (Wildman–Crippen MR) is 141 cm³/mol. The highest BCUT2D eigenvalue weighted by Crippen LogP contribution is 2.19. The van der Waals surface area contributed by atoms with Crippen molar-refractivity contribution in [2.75, 3.05) is 5.32 Å². The van der Waals surface area contributed by atoms with Gasteiger partial charge >= 0.3 is 5.97 Å². The minimum atomic E-state index is -0.517. The number of carbonyl (C=O) groups excluding carboxylic acids is 3. The normalized spacial score (nSPS) is 10.6. The van der Waals surface area contributed by atoms with Gasteiger partial charge < -0.3 is 10.1 Å². The number of amides is 2. The lowest BCUT2D eigenvalue weighted by Gasteiger charge is -2.10. The van der Waals surface area contributed by atoms with E-state index in [2.05, 4.69) is 31.8 Å². The summed E-state index contributed by atoms with van der Waals surface area (Å²) in [7, 11) is 0. The van der Waals surface area contributed by atoms with Crippen LogP contribution in [0.1, 0.15) is 36.6 Å². The Labute approximate surface area is 215 Å². The van der Waals surface area contributed by atoms with Crippen molar-refractivity contribution in [1.29, 1.82) is 0 Å². The first kappa shape index (κ1) is 24.6. The SMILES string of the molecule is O=C(Nc1ccccc1C(=O)N/N=C\c1ccccc1OC(=O)c1ccccc1)c1ccc(Br)cc1. The number of esters is 1. The molecule has 178 valence electrons. The second-order valence-corrected chi connectivity index (χ2v) is 8.41. The lowest BCUT2D eigenvalue weighted by atomic mass is 10.1. The number of hydrogen-bond acceptors (Lipinski definition) is 5. The molecule has 4 rings (SSSR count). The van der Waals surface area contributed by atoms with Gasteiger partial charge in [-0.2, -0.15) is 5.10 Å². The fraction of sp³-hybridized carbons (Fsp3) is 0. The number of nitrogens with zero attached hydrogens (tertiary/aromatic N) is 1. The fourth-order valence-corrected chi connectivity index (χ4v) is 3.48. The number of benzene rings is 4. The van der Waals surface area contributed by atoms with Gasteiger partial charge in [0, 0.05) is 15.6 Å². The van der Waals surface area contributed by atoms with E-state index in [0.29, 0.717) is 28.1 Å². The van der Waals surface area contributed by atoms with Crippen LogP contribution in [-0.2, 0) is 0 Å². The van der Waals surface area contributed by atoms with Gasteiger partial charge in [-0.3, -0.25) is 9.59 Å². The molecule has 0 saturated carbocycles. The number of ether oxygens (including phenoxy) is 1. The summed E-state index contributed by atoms with van der Waals surface area (Å²) in [6.07, 6.45) is 1.38. The van der Waals surface area contributed by atoms with E-state index in [0.717, 1.165) is 4.47 Å². The van der Waals surface area contributed by atoms with E-state index in [-0.39, 0.29) is 11.5 Å². The third-order valence-electron chi connectivity index (χ3n) is 5.03. The Morgan fingerprint density at radius 2 is 1.39 bits per heavy atom. The topological polar surface area (TPSA) is 96.9 Å². The summed E-state index contributed by atoms with van der Waals surface area (Å²) in [5, 5.41) is 6.77. The molecule has 0 aromatic heterocycles. The van der Waals surface area contributed by atoms with Crippen LogP contribution in [0.5, 0.6) is 5.75 Å². The number of halogens is 1. The summed E-state index contributed by atoms with van der Waals surface area (Å²) in [5.41, 5.74) is 4.40. The maximum atomic E-state index is 12.8. The van der Waals surface area contributed by atoms with E-state index in [1.807, 2.05) is 6.07 Å². The first-order chi connectivity index (χ1) is 17.5. The average Bonchev–Trinajstić information content (AvgIpc) is 2.90. The summed E-state index contributed by atoms with van der Waals surface area (Å²) in [6, 6.07) is 28.9. The van der Waals surface area contributed by atoms with Crippen LogP contribution in [0.25, 0.3) is 0 Å². The predicted octanol–water partition coefficient (Wildman–Crippen LogP) is 5.68. The molecule has 4 aromatic carbocycles. The summed E-state index contributed by atoms with van der Waals surface area (Å²) in [5.74, 6) is -1.07. The van der Waals surface area contributed by atoms with Gasteiger partial charge in [0.05, 0.1) is 23.0 Å². The van der Waals surface area contributed by atoms with Gasteiger partial charge in [-0.15, -0.1) is 0 Å². The molecule has 2 N–H and O–H groups in total. The Bertz CT molecular complexity index is 1420. The van der Waals surface area contributed by atoms with Crippen LogP contribution in [0.4, 0.5) is 5.69 Å². The summed E-state index contributed by atoms with van der Waals surface area (Å²) >= 11 is 3.34. The Balaban J connectivity index is 1.44. The van der Waals surface area contributed by atoms with Gasteiger partial charge in [-0.1, -0.05) is 58.4 Å². The molecule has 0 atom stereocenters. The monoisotopic (exact) mass is 541 g/mol. The highest BCUT2D eigenvalue weighted by Gasteiger charge is 2.14. The number of nitrogens with one attached hydrogen (secondary N) is 2. The second kappa shape index (κ2) is 11.7. The van der Waals surface area contributed by atoms with Crippen molar-refractivity contribution in [3.8, 4) is 5.75 Å². The lowest BCUT2D eigenvalue weighted by molar-refractivity contribution is 0.0734. The largest absolute Gasteiger partial charge is 0.422 e. The zero-order chi connectivity index (χ0) is 25.3. The summed E-state index contributed by atoms with van der Waals surface area (Å²) < 4.78 is 6.35. The summed E-state index contributed by atoms with van der Waals surface area (Å²) in [6.45, 7) is 0. The Kier molecular flexibility index (Phi) is 8.00. The smallest absolute Gasteiger partial charge is 0.343 e. The quantitative estimate of drug-likeness (QED) is 0.136. The number of para-hydroxylation sites is 2. The van der Waals surface area contributed by atoms with Gasteiger partial charge in [0.1, 0.15) is 5.75 Å².